The molecule has 11 heteroatoms. The summed E-state index contributed by atoms with van der Waals surface area (Å²) in [7, 11) is -1.29. The van der Waals surface area contributed by atoms with Crippen LogP contribution >= 0.6 is 23.2 Å². The topological polar surface area (TPSA) is 94.2 Å². The highest BCUT2D eigenvalue weighted by Crippen LogP contribution is 2.32. The van der Waals surface area contributed by atoms with Gasteiger partial charge in [0.25, 0.3) is 10.0 Å². The van der Waals surface area contributed by atoms with Crippen molar-refractivity contribution in [3.8, 4) is 17.2 Å². The first-order valence-corrected chi connectivity index (χ1v) is 12.6. The van der Waals surface area contributed by atoms with E-state index in [1.54, 1.807) is 36.4 Å². The van der Waals surface area contributed by atoms with Crippen molar-refractivity contribution in [2.45, 2.75) is 4.90 Å². The lowest BCUT2D eigenvalue weighted by Crippen LogP contribution is -2.41. The molecule has 0 aliphatic heterocycles. The van der Waals surface area contributed by atoms with Crippen LogP contribution in [-0.2, 0) is 14.8 Å². The maximum Gasteiger partial charge on any atom is 0.264 e. The van der Waals surface area contributed by atoms with E-state index in [1.807, 2.05) is 0 Å². The van der Waals surface area contributed by atoms with E-state index in [0.717, 1.165) is 4.31 Å². The molecule has 3 aromatic carbocycles. The summed E-state index contributed by atoms with van der Waals surface area (Å²) in [4.78, 5) is 12.6. The summed E-state index contributed by atoms with van der Waals surface area (Å²) in [5.74, 6) is 0.711. The lowest BCUT2D eigenvalue weighted by molar-refractivity contribution is -0.119. The second-order valence-electron chi connectivity index (χ2n) is 7.16. The van der Waals surface area contributed by atoms with Gasteiger partial charge in [0.15, 0.2) is 11.5 Å². The number of nitrogens with one attached hydrogen (secondary N) is 1. The number of rotatable bonds is 11. The molecular formula is C24H24Cl2N2O6S. The summed E-state index contributed by atoms with van der Waals surface area (Å²) >= 11 is 11.8. The Hall–Kier alpha value is -3.14. The molecule has 3 aromatic rings. The van der Waals surface area contributed by atoms with Crippen molar-refractivity contribution in [3.05, 3.63) is 76.8 Å². The molecule has 0 fully saturated rings. The predicted octanol–water partition coefficient (Wildman–Crippen LogP) is 4.40. The van der Waals surface area contributed by atoms with E-state index >= 15 is 0 Å². The number of methoxy groups -OCH3 is 2. The molecule has 0 unspecified atom stereocenters. The van der Waals surface area contributed by atoms with Gasteiger partial charge in [-0.15, -0.1) is 0 Å². The van der Waals surface area contributed by atoms with Crippen molar-refractivity contribution in [2.75, 3.05) is 38.2 Å². The normalized spacial score (nSPS) is 11.0. The van der Waals surface area contributed by atoms with Gasteiger partial charge in [0.2, 0.25) is 5.91 Å². The first-order chi connectivity index (χ1) is 16.7. The summed E-state index contributed by atoms with van der Waals surface area (Å²) in [5.41, 5.74) is 0.275. The lowest BCUT2D eigenvalue weighted by atomic mass is 10.3. The Labute approximate surface area is 214 Å². The third-order valence-electron chi connectivity index (χ3n) is 4.85. The van der Waals surface area contributed by atoms with Crippen LogP contribution < -0.4 is 23.8 Å². The van der Waals surface area contributed by atoms with Crippen molar-refractivity contribution in [1.29, 1.82) is 0 Å². The van der Waals surface area contributed by atoms with Crippen LogP contribution in [0.15, 0.2) is 71.6 Å². The average Bonchev–Trinajstić information content (AvgIpc) is 2.86. The fourth-order valence-electron chi connectivity index (χ4n) is 3.10. The number of amides is 1. The number of halogens is 2. The van der Waals surface area contributed by atoms with Crippen LogP contribution in [0.1, 0.15) is 0 Å². The van der Waals surface area contributed by atoms with Crippen LogP contribution in [0, 0.1) is 0 Å². The van der Waals surface area contributed by atoms with Gasteiger partial charge in [0.05, 0.1) is 31.3 Å². The number of carbonyl (C=O) groups excluding carboxylic acids is 1. The average molecular weight is 539 g/mol. The molecule has 0 bridgehead atoms. The smallest absolute Gasteiger partial charge is 0.264 e. The second-order valence-corrected chi connectivity index (χ2v) is 9.89. The van der Waals surface area contributed by atoms with Gasteiger partial charge in [0.1, 0.15) is 18.9 Å². The molecule has 0 aromatic heterocycles. The number of hydrogen-bond donors (Lipinski definition) is 1. The summed E-state index contributed by atoms with van der Waals surface area (Å²) < 4.78 is 44.1. The van der Waals surface area contributed by atoms with E-state index < -0.39 is 22.5 Å². The van der Waals surface area contributed by atoms with E-state index in [9.17, 15) is 13.2 Å². The molecule has 1 N–H and O–H groups in total. The summed E-state index contributed by atoms with van der Waals surface area (Å²) in [6.45, 7) is -0.0949. The molecule has 35 heavy (non-hydrogen) atoms. The number of carbonyl (C=O) groups is 1. The van der Waals surface area contributed by atoms with Gasteiger partial charge in [-0.2, -0.15) is 0 Å². The Bertz CT molecular complexity index is 1250. The third-order valence-corrected chi connectivity index (χ3v) is 7.13. The zero-order valence-corrected chi connectivity index (χ0v) is 21.4. The van der Waals surface area contributed by atoms with Crippen LogP contribution in [0.3, 0.4) is 0 Å². The summed E-state index contributed by atoms with van der Waals surface area (Å²) in [6.07, 6.45) is 0. The molecule has 0 spiro atoms. The Morgan fingerprint density at radius 3 is 2.09 bits per heavy atom. The van der Waals surface area contributed by atoms with Crippen molar-refractivity contribution in [1.82, 2.24) is 5.32 Å². The maximum atomic E-state index is 13.5. The number of benzene rings is 3. The third kappa shape index (κ3) is 6.94. The Morgan fingerprint density at radius 1 is 0.886 bits per heavy atom. The quantitative estimate of drug-likeness (QED) is 0.363. The number of nitrogens with zero attached hydrogens (tertiary/aromatic N) is 1. The van der Waals surface area contributed by atoms with Gasteiger partial charge < -0.3 is 19.5 Å². The minimum Gasteiger partial charge on any atom is -0.493 e. The highest BCUT2D eigenvalue weighted by atomic mass is 35.5. The van der Waals surface area contributed by atoms with E-state index in [1.165, 1.54) is 44.6 Å². The van der Waals surface area contributed by atoms with Crippen molar-refractivity contribution in [3.63, 3.8) is 0 Å². The van der Waals surface area contributed by atoms with E-state index in [0.29, 0.717) is 21.5 Å². The summed E-state index contributed by atoms with van der Waals surface area (Å²) in [6, 6.07) is 17.2. The maximum absolute atomic E-state index is 13.5. The zero-order chi connectivity index (χ0) is 25.4. The van der Waals surface area contributed by atoms with Crippen LogP contribution in [0.5, 0.6) is 17.2 Å². The van der Waals surface area contributed by atoms with Crippen LogP contribution in [0.25, 0.3) is 0 Å². The molecule has 0 heterocycles. The van der Waals surface area contributed by atoms with Gasteiger partial charge >= 0.3 is 0 Å². The van der Waals surface area contributed by atoms with Gasteiger partial charge in [-0.25, -0.2) is 8.42 Å². The Morgan fingerprint density at radius 2 is 1.49 bits per heavy atom. The molecule has 0 atom stereocenters. The van der Waals surface area contributed by atoms with Gasteiger partial charge in [-0.05, 0) is 60.7 Å². The summed E-state index contributed by atoms with van der Waals surface area (Å²) in [5, 5.41) is 3.69. The van der Waals surface area contributed by atoms with Crippen molar-refractivity contribution < 1.29 is 27.4 Å². The van der Waals surface area contributed by atoms with Crippen molar-refractivity contribution >= 4 is 44.8 Å². The number of anilines is 1. The largest absolute Gasteiger partial charge is 0.493 e. The molecule has 186 valence electrons. The first-order valence-electron chi connectivity index (χ1n) is 10.4. The molecule has 0 aliphatic carbocycles. The first kappa shape index (κ1) is 26.5. The minimum atomic E-state index is -4.15. The van der Waals surface area contributed by atoms with E-state index in [4.69, 9.17) is 37.4 Å². The Kier molecular flexibility index (Phi) is 9.08. The highest BCUT2D eigenvalue weighted by molar-refractivity contribution is 7.92. The Balaban J connectivity index is 1.76. The number of sulfonamides is 1. The molecule has 0 saturated carbocycles. The SMILES string of the molecule is COc1ccc(S(=O)(=O)N(CC(=O)NCCOc2ccc(Cl)cc2)c2ccc(Cl)cc2)cc1OC. The number of ether oxygens (including phenoxy) is 3. The fraction of sp³-hybridized carbons (Fsp3) is 0.208. The molecule has 3 rings (SSSR count). The minimum absolute atomic E-state index is 0.0658. The molecular weight excluding hydrogens is 515 g/mol. The molecule has 0 aliphatic rings. The molecule has 0 radical (unpaired) electrons. The van der Waals surface area contributed by atoms with Crippen LogP contribution in [-0.4, -0.2) is 48.2 Å². The van der Waals surface area contributed by atoms with Crippen molar-refractivity contribution in [2.24, 2.45) is 0 Å². The van der Waals surface area contributed by atoms with Gasteiger partial charge in [-0.1, -0.05) is 23.2 Å². The van der Waals surface area contributed by atoms with Crippen LogP contribution in [0.4, 0.5) is 5.69 Å². The standard InChI is InChI=1S/C24H24Cl2N2O6S/c1-32-22-12-11-21(15-23(22)33-2)35(30,31)28(19-7-3-17(25)4-8-19)16-24(29)27-13-14-34-20-9-5-18(26)6-10-20/h3-12,15H,13-14,16H2,1-2H3,(H,27,29). The molecule has 1 amide bonds. The fourth-order valence-corrected chi connectivity index (χ4v) is 4.79. The monoisotopic (exact) mass is 538 g/mol. The van der Waals surface area contributed by atoms with Gasteiger partial charge in [-0.3, -0.25) is 9.10 Å². The zero-order valence-electron chi connectivity index (χ0n) is 19.0. The van der Waals surface area contributed by atoms with Gasteiger partial charge in [0, 0.05) is 16.1 Å². The van der Waals surface area contributed by atoms with Crippen LogP contribution in [0.2, 0.25) is 10.0 Å². The predicted molar refractivity (Wildman–Crippen MR) is 135 cm³/mol. The van der Waals surface area contributed by atoms with E-state index in [2.05, 4.69) is 5.32 Å². The second kappa shape index (κ2) is 12.0. The lowest BCUT2D eigenvalue weighted by Gasteiger charge is -2.24. The highest BCUT2D eigenvalue weighted by Gasteiger charge is 2.28. The van der Waals surface area contributed by atoms with E-state index in [-0.39, 0.29) is 29.5 Å². The number of hydrogen-bond acceptors (Lipinski definition) is 6. The molecule has 8 nitrogen and oxygen atoms in total. The molecule has 0 saturated heterocycles.